The smallest absolute Gasteiger partial charge is 0.407 e. The molecule has 3 N–H and O–H groups in total. The molecule has 2 rings (SSSR count). The molecule has 9 heteroatoms. The number of nitrogens with one attached hydrogen (secondary N) is 1. The van der Waals surface area contributed by atoms with E-state index in [4.69, 9.17) is 4.74 Å². The van der Waals surface area contributed by atoms with Gasteiger partial charge in [-0.3, -0.25) is 10.1 Å². The van der Waals surface area contributed by atoms with E-state index in [1.54, 1.807) is 12.1 Å². The first-order valence-electron chi connectivity index (χ1n) is 8.13. The molecule has 0 radical (unpaired) electrons. The maximum absolute atomic E-state index is 13.1. The van der Waals surface area contributed by atoms with E-state index in [-0.39, 0.29) is 25.1 Å². The number of alkyl carbamates (subject to hydrolysis) is 1. The van der Waals surface area contributed by atoms with Crippen LogP contribution in [0.4, 0.5) is 14.9 Å². The highest BCUT2D eigenvalue weighted by Gasteiger charge is 2.26. The van der Waals surface area contributed by atoms with E-state index in [0.717, 1.165) is 17.7 Å². The Morgan fingerprint density at radius 3 is 2.59 bits per heavy atom. The Hall–Kier alpha value is -3.04. The third kappa shape index (κ3) is 6.01. The van der Waals surface area contributed by atoms with Gasteiger partial charge in [0.2, 0.25) is 0 Å². The van der Waals surface area contributed by atoms with Crippen LogP contribution in [0.1, 0.15) is 23.7 Å². The minimum absolute atomic E-state index is 0.0269. The van der Waals surface area contributed by atoms with Crippen molar-refractivity contribution in [1.82, 2.24) is 5.32 Å². The lowest BCUT2D eigenvalue weighted by molar-refractivity contribution is -0.386. The van der Waals surface area contributed by atoms with Gasteiger partial charge in [0.1, 0.15) is 18.5 Å². The molecule has 8 nitrogen and oxygen atoms in total. The topological polar surface area (TPSA) is 122 Å². The molecule has 2 atom stereocenters. The SMILES string of the molecule is O=C(NCCC(O)C(O)c1ccc(F)cc1[N+](=O)[O-])OCc1ccccc1. The highest BCUT2D eigenvalue weighted by molar-refractivity contribution is 5.67. The first-order valence-corrected chi connectivity index (χ1v) is 8.13. The normalized spacial score (nSPS) is 12.9. The number of hydrogen-bond acceptors (Lipinski definition) is 6. The second kappa shape index (κ2) is 9.60. The van der Waals surface area contributed by atoms with Crippen molar-refractivity contribution in [2.24, 2.45) is 0 Å². The molecule has 144 valence electrons. The molecule has 0 heterocycles. The van der Waals surface area contributed by atoms with Crippen molar-refractivity contribution in [2.45, 2.75) is 25.2 Å². The minimum atomic E-state index is -1.60. The fourth-order valence-corrected chi connectivity index (χ4v) is 2.39. The summed E-state index contributed by atoms with van der Waals surface area (Å²) in [5, 5.41) is 33.5. The maximum Gasteiger partial charge on any atom is 0.407 e. The Morgan fingerprint density at radius 2 is 1.93 bits per heavy atom. The van der Waals surface area contributed by atoms with Crippen LogP contribution < -0.4 is 5.32 Å². The summed E-state index contributed by atoms with van der Waals surface area (Å²) < 4.78 is 18.1. The molecule has 0 aliphatic rings. The molecule has 0 spiro atoms. The third-order valence-corrected chi connectivity index (χ3v) is 3.79. The quantitative estimate of drug-likeness (QED) is 0.479. The summed E-state index contributed by atoms with van der Waals surface area (Å²) in [6, 6.07) is 11.7. The van der Waals surface area contributed by atoms with E-state index >= 15 is 0 Å². The summed E-state index contributed by atoms with van der Waals surface area (Å²) >= 11 is 0. The first kappa shape index (κ1) is 20.3. The number of halogens is 1. The van der Waals surface area contributed by atoms with Crippen LogP contribution in [-0.2, 0) is 11.3 Å². The van der Waals surface area contributed by atoms with Crippen molar-refractivity contribution in [1.29, 1.82) is 0 Å². The number of nitrogens with zero attached hydrogens (tertiary/aromatic N) is 1. The van der Waals surface area contributed by atoms with Crippen molar-refractivity contribution >= 4 is 11.8 Å². The van der Waals surface area contributed by atoms with Crippen molar-refractivity contribution < 1.29 is 29.1 Å². The van der Waals surface area contributed by atoms with Crippen molar-refractivity contribution in [3.05, 3.63) is 75.6 Å². The van der Waals surface area contributed by atoms with Crippen LogP contribution in [0.25, 0.3) is 0 Å². The molecule has 0 aliphatic heterocycles. The average Bonchev–Trinajstić information content (AvgIpc) is 2.66. The predicted octanol–water partition coefficient (Wildman–Crippen LogP) is 2.44. The fraction of sp³-hybridized carbons (Fsp3) is 0.278. The Balaban J connectivity index is 1.82. The number of benzene rings is 2. The van der Waals surface area contributed by atoms with Crippen LogP contribution in [0.15, 0.2) is 48.5 Å². The van der Waals surface area contributed by atoms with Crippen LogP contribution in [0.2, 0.25) is 0 Å². The Kier molecular flexibility index (Phi) is 7.21. The van der Waals surface area contributed by atoms with Gasteiger partial charge in [-0.15, -0.1) is 0 Å². The van der Waals surface area contributed by atoms with Gasteiger partial charge in [0.25, 0.3) is 5.69 Å². The maximum atomic E-state index is 13.1. The third-order valence-electron chi connectivity index (χ3n) is 3.79. The summed E-state index contributed by atoms with van der Waals surface area (Å²) in [6.45, 7) is 0.0560. The van der Waals surface area contributed by atoms with Gasteiger partial charge in [-0.25, -0.2) is 9.18 Å². The summed E-state index contributed by atoms with van der Waals surface area (Å²) in [4.78, 5) is 21.7. The molecule has 0 saturated heterocycles. The number of carbonyl (C=O) groups excluding carboxylic acids is 1. The Labute approximate surface area is 154 Å². The number of nitro benzene ring substituents is 1. The van der Waals surface area contributed by atoms with Gasteiger partial charge in [-0.05, 0) is 24.1 Å². The number of ether oxygens (including phenoxy) is 1. The van der Waals surface area contributed by atoms with Crippen molar-refractivity contribution in [3.63, 3.8) is 0 Å². The molecule has 2 unspecified atom stereocenters. The molecule has 27 heavy (non-hydrogen) atoms. The van der Waals surface area contributed by atoms with Crippen LogP contribution in [0, 0.1) is 15.9 Å². The molecule has 0 saturated carbocycles. The zero-order valence-corrected chi connectivity index (χ0v) is 14.2. The number of nitro groups is 1. The molecule has 0 fully saturated rings. The Bertz CT molecular complexity index is 787. The Morgan fingerprint density at radius 1 is 1.22 bits per heavy atom. The summed E-state index contributed by atoms with van der Waals surface area (Å²) in [7, 11) is 0. The summed E-state index contributed by atoms with van der Waals surface area (Å²) in [5.41, 5.74) is -0.0240. The van der Waals surface area contributed by atoms with E-state index in [1.165, 1.54) is 0 Å². The highest BCUT2D eigenvalue weighted by atomic mass is 19.1. The number of aliphatic hydroxyl groups is 2. The predicted molar refractivity (Wildman–Crippen MR) is 93.3 cm³/mol. The fourth-order valence-electron chi connectivity index (χ4n) is 2.39. The van der Waals surface area contributed by atoms with E-state index in [1.807, 2.05) is 18.2 Å². The van der Waals surface area contributed by atoms with Crippen LogP contribution in [-0.4, -0.2) is 33.9 Å². The summed E-state index contributed by atoms with van der Waals surface area (Å²) in [6.07, 6.45) is -3.79. The molecule has 0 aliphatic carbocycles. The minimum Gasteiger partial charge on any atom is -0.445 e. The van der Waals surface area contributed by atoms with Crippen molar-refractivity contribution in [2.75, 3.05) is 6.54 Å². The molecular formula is C18H19FN2O6. The number of aliphatic hydroxyl groups excluding tert-OH is 2. The van der Waals surface area contributed by atoms with Crippen molar-refractivity contribution in [3.8, 4) is 0 Å². The van der Waals surface area contributed by atoms with Crippen LogP contribution in [0.3, 0.4) is 0 Å². The largest absolute Gasteiger partial charge is 0.445 e. The lowest BCUT2D eigenvalue weighted by atomic mass is 10.0. The second-order valence-corrected chi connectivity index (χ2v) is 5.75. The van der Waals surface area contributed by atoms with Gasteiger partial charge < -0.3 is 20.3 Å². The van der Waals surface area contributed by atoms with Gasteiger partial charge >= 0.3 is 6.09 Å². The summed E-state index contributed by atoms with van der Waals surface area (Å²) in [5.74, 6) is -0.824. The number of hydrogen-bond donors (Lipinski definition) is 3. The number of amides is 1. The van der Waals surface area contributed by atoms with Crippen LogP contribution >= 0.6 is 0 Å². The van der Waals surface area contributed by atoms with Gasteiger partial charge in [0, 0.05) is 6.54 Å². The monoisotopic (exact) mass is 378 g/mol. The molecule has 0 aromatic heterocycles. The highest BCUT2D eigenvalue weighted by Crippen LogP contribution is 2.28. The molecule has 1 amide bonds. The molecule has 0 bridgehead atoms. The van der Waals surface area contributed by atoms with E-state index < -0.39 is 34.7 Å². The number of rotatable bonds is 8. The lowest BCUT2D eigenvalue weighted by Crippen LogP contribution is -2.30. The molecular weight excluding hydrogens is 359 g/mol. The first-order chi connectivity index (χ1) is 12.9. The van der Waals surface area contributed by atoms with Gasteiger partial charge in [0.05, 0.1) is 22.7 Å². The van der Waals surface area contributed by atoms with E-state index in [9.17, 15) is 29.5 Å². The average molecular weight is 378 g/mol. The zero-order valence-electron chi connectivity index (χ0n) is 14.2. The number of carbonyl (C=O) groups is 1. The van der Waals surface area contributed by atoms with Gasteiger partial charge in [-0.1, -0.05) is 30.3 Å². The van der Waals surface area contributed by atoms with E-state index in [2.05, 4.69) is 5.32 Å². The standard InChI is InChI=1S/C18H19FN2O6/c19-13-6-7-14(15(10-13)21(25)26)17(23)16(22)8-9-20-18(24)27-11-12-4-2-1-3-5-12/h1-7,10,16-17,22-23H,8-9,11H2,(H,20,24). The van der Waals surface area contributed by atoms with Crippen LogP contribution in [0.5, 0.6) is 0 Å². The van der Waals surface area contributed by atoms with E-state index in [0.29, 0.717) is 6.07 Å². The molecule has 2 aromatic carbocycles. The molecule has 2 aromatic rings. The second-order valence-electron chi connectivity index (χ2n) is 5.75. The lowest BCUT2D eigenvalue weighted by Gasteiger charge is -2.18. The van der Waals surface area contributed by atoms with Gasteiger partial charge in [0.15, 0.2) is 0 Å². The van der Waals surface area contributed by atoms with Gasteiger partial charge in [-0.2, -0.15) is 0 Å². The zero-order chi connectivity index (χ0) is 19.8.